The Balaban J connectivity index is 1.31. The molecule has 1 saturated heterocycles. The van der Waals surface area contributed by atoms with E-state index in [1.807, 2.05) is 18.2 Å². The van der Waals surface area contributed by atoms with Crippen molar-refractivity contribution < 1.29 is 14.3 Å². The maximum Gasteiger partial charge on any atom is 0.220 e. The molecular weight excluding hydrogens is 324 g/mol. The van der Waals surface area contributed by atoms with Crippen molar-refractivity contribution in [1.82, 2.24) is 10.6 Å². The molecule has 1 amide bonds. The summed E-state index contributed by atoms with van der Waals surface area (Å²) < 4.78 is 11.1. The zero-order valence-corrected chi connectivity index (χ0v) is 14.8. The summed E-state index contributed by atoms with van der Waals surface area (Å²) in [6.07, 6.45) is 4.16. The lowest BCUT2D eigenvalue weighted by Crippen LogP contribution is -2.33. The SMILES string of the molecule is O=C(CCSc1ccc2c(c1)OCCO2)NCCC1CCCNC1. The number of hydrogen-bond acceptors (Lipinski definition) is 5. The lowest BCUT2D eigenvalue weighted by molar-refractivity contribution is -0.120. The Kier molecular flexibility index (Phi) is 6.66. The van der Waals surface area contributed by atoms with Gasteiger partial charge in [0.05, 0.1) is 0 Å². The molecule has 0 saturated carbocycles. The molecule has 2 N–H and O–H groups in total. The van der Waals surface area contributed by atoms with Gasteiger partial charge in [-0.3, -0.25) is 4.79 Å². The van der Waals surface area contributed by atoms with Crippen LogP contribution in [0, 0.1) is 5.92 Å². The van der Waals surface area contributed by atoms with Crippen molar-refractivity contribution in [2.45, 2.75) is 30.6 Å². The van der Waals surface area contributed by atoms with Crippen LogP contribution in [0.15, 0.2) is 23.1 Å². The van der Waals surface area contributed by atoms with Crippen molar-refractivity contribution >= 4 is 17.7 Å². The molecule has 0 aliphatic carbocycles. The third-order valence-corrected chi connectivity index (χ3v) is 5.38. The van der Waals surface area contributed by atoms with Crippen LogP contribution in [-0.4, -0.2) is 44.5 Å². The first-order chi connectivity index (χ1) is 11.8. The van der Waals surface area contributed by atoms with Crippen molar-refractivity contribution in [2.75, 3.05) is 38.6 Å². The summed E-state index contributed by atoms with van der Waals surface area (Å²) in [4.78, 5) is 13.0. The average Bonchev–Trinajstić information content (AvgIpc) is 2.62. The number of piperidine rings is 1. The van der Waals surface area contributed by atoms with Crippen LogP contribution in [0.2, 0.25) is 0 Å². The Morgan fingerprint density at radius 2 is 2.17 bits per heavy atom. The Labute approximate surface area is 147 Å². The lowest BCUT2D eigenvalue weighted by atomic mass is 9.96. The number of amides is 1. The van der Waals surface area contributed by atoms with Crippen molar-refractivity contribution in [3.05, 3.63) is 18.2 Å². The molecule has 1 aromatic rings. The molecule has 2 aliphatic rings. The Bertz CT molecular complexity index is 547. The van der Waals surface area contributed by atoms with Gasteiger partial charge in [0.15, 0.2) is 11.5 Å². The third kappa shape index (κ3) is 5.31. The molecule has 1 atom stereocenters. The molecule has 5 nitrogen and oxygen atoms in total. The Morgan fingerprint density at radius 1 is 1.29 bits per heavy atom. The maximum atomic E-state index is 11.9. The van der Waals surface area contributed by atoms with Gasteiger partial charge in [-0.15, -0.1) is 11.8 Å². The molecule has 24 heavy (non-hydrogen) atoms. The molecule has 1 aromatic carbocycles. The van der Waals surface area contributed by atoms with Gasteiger partial charge in [-0.25, -0.2) is 0 Å². The van der Waals surface area contributed by atoms with Gasteiger partial charge in [0, 0.05) is 23.6 Å². The van der Waals surface area contributed by atoms with E-state index in [9.17, 15) is 4.79 Å². The normalized spacial score (nSPS) is 19.8. The number of fused-ring (bicyclic) bond motifs is 1. The monoisotopic (exact) mass is 350 g/mol. The van der Waals surface area contributed by atoms with Crippen molar-refractivity contribution in [2.24, 2.45) is 5.92 Å². The smallest absolute Gasteiger partial charge is 0.220 e. The number of hydrogen-bond donors (Lipinski definition) is 2. The van der Waals surface area contributed by atoms with Crippen molar-refractivity contribution in [1.29, 1.82) is 0 Å². The van der Waals surface area contributed by atoms with Crippen molar-refractivity contribution in [3.63, 3.8) is 0 Å². The highest BCUT2D eigenvalue weighted by Gasteiger charge is 2.14. The van der Waals surface area contributed by atoms with Gasteiger partial charge in [-0.1, -0.05) is 0 Å². The van der Waals surface area contributed by atoms with Crippen LogP contribution in [0.1, 0.15) is 25.7 Å². The summed E-state index contributed by atoms with van der Waals surface area (Å²) in [6.45, 7) is 4.23. The fourth-order valence-electron chi connectivity index (χ4n) is 3.05. The predicted octanol–water partition coefficient (Wildman–Crippen LogP) is 2.45. The average molecular weight is 350 g/mol. The second-order valence-corrected chi connectivity index (χ2v) is 7.42. The predicted molar refractivity (Wildman–Crippen MR) is 96.0 cm³/mol. The fraction of sp³-hybridized carbons (Fsp3) is 0.611. The number of nitrogens with one attached hydrogen (secondary N) is 2. The molecule has 2 aliphatic heterocycles. The number of ether oxygens (including phenoxy) is 2. The van der Waals surface area contributed by atoms with E-state index in [1.54, 1.807) is 11.8 Å². The summed E-state index contributed by atoms with van der Waals surface area (Å²) in [7, 11) is 0. The van der Waals surface area contributed by atoms with E-state index in [0.29, 0.717) is 25.6 Å². The van der Waals surface area contributed by atoms with Crippen LogP contribution in [-0.2, 0) is 4.79 Å². The van der Waals surface area contributed by atoms with Crippen LogP contribution in [0.3, 0.4) is 0 Å². The summed E-state index contributed by atoms with van der Waals surface area (Å²) in [5, 5.41) is 6.45. The molecule has 6 heteroatoms. The highest BCUT2D eigenvalue weighted by molar-refractivity contribution is 7.99. The summed E-state index contributed by atoms with van der Waals surface area (Å²) in [5.41, 5.74) is 0. The molecule has 132 valence electrons. The number of thioether (sulfide) groups is 1. The van der Waals surface area contributed by atoms with Gasteiger partial charge in [-0.2, -0.15) is 0 Å². The fourth-order valence-corrected chi connectivity index (χ4v) is 3.93. The van der Waals surface area contributed by atoms with Gasteiger partial charge in [0.1, 0.15) is 13.2 Å². The largest absolute Gasteiger partial charge is 0.486 e. The van der Waals surface area contributed by atoms with Gasteiger partial charge in [0.2, 0.25) is 5.91 Å². The van der Waals surface area contributed by atoms with E-state index in [4.69, 9.17) is 9.47 Å². The topological polar surface area (TPSA) is 59.6 Å². The van der Waals surface area contributed by atoms with Crippen LogP contribution in [0.4, 0.5) is 0 Å². The molecule has 0 aromatic heterocycles. The number of carbonyl (C=O) groups excluding carboxylic acids is 1. The molecule has 1 unspecified atom stereocenters. The van der Waals surface area contributed by atoms with Crippen LogP contribution >= 0.6 is 11.8 Å². The minimum absolute atomic E-state index is 0.142. The molecule has 2 heterocycles. The first-order valence-electron chi connectivity index (χ1n) is 8.81. The van der Waals surface area contributed by atoms with E-state index in [2.05, 4.69) is 10.6 Å². The Hall–Kier alpha value is -1.40. The molecule has 0 bridgehead atoms. The van der Waals surface area contributed by atoms with E-state index in [0.717, 1.165) is 48.2 Å². The minimum atomic E-state index is 0.142. The number of carbonyl (C=O) groups is 1. The first-order valence-corrected chi connectivity index (χ1v) is 9.80. The van der Waals surface area contributed by atoms with Crippen LogP contribution in [0.5, 0.6) is 11.5 Å². The van der Waals surface area contributed by atoms with E-state index < -0.39 is 0 Å². The van der Waals surface area contributed by atoms with Gasteiger partial charge in [0.25, 0.3) is 0 Å². The first kappa shape index (κ1) is 17.4. The second-order valence-electron chi connectivity index (χ2n) is 6.25. The lowest BCUT2D eigenvalue weighted by Gasteiger charge is -2.22. The molecule has 1 fully saturated rings. The van der Waals surface area contributed by atoms with Crippen LogP contribution in [0.25, 0.3) is 0 Å². The zero-order chi connectivity index (χ0) is 16.6. The highest BCUT2D eigenvalue weighted by Crippen LogP contribution is 2.34. The summed E-state index contributed by atoms with van der Waals surface area (Å²) in [5.74, 6) is 3.24. The molecular formula is C18H26N2O3S. The minimum Gasteiger partial charge on any atom is -0.486 e. The van der Waals surface area contributed by atoms with Gasteiger partial charge in [-0.05, 0) is 56.5 Å². The third-order valence-electron chi connectivity index (χ3n) is 4.39. The maximum absolute atomic E-state index is 11.9. The Morgan fingerprint density at radius 3 is 3.00 bits per heavy atom. The van der Waals surface area contributed by atoms with E-state index in [1.165, 1.54) is 12.8 Å². The summed E-state index contributed by atoms with van der Waals surface area (Å²) >= 11 is 1.68. The van der Waals surface area contributed by atoms with E-state index in [-0.39, 0.29) is 5.91 Å². The standard InChI is InChI=1S/C18H26N2O3S/c21-18(20-8-5-14-2-1-7-19-13-14)6-11-24-15-3-4-16-17(12-15)23-10-9-22-16/h3-4,12,14,19H,1-2,5-11,13H2,(H,20,21). The van der Waals surface area contributed by atoms with Crippen LogP contribution < -0.4 is 20.1 Å². The zero-order valence-electron chi connectivity index (χ0n) is 14.0. The molecule has 0 radical (unpaired) electrons. The highest BCUT2D eigenvalue weighted by atomic mass is 32.2. The quantitative estimate of drug-likeness (QED) is 0.740. The molecule has 3 rings (SSSR count). The summed E-state index contributed by atoms with van der Waals surface area (Å²) in [6, 6.07) is 5.95. The molecule has 0 spiro atoms. The number of benzene rings is 1. The van der Waals surface area contributed by atoms with Gasteiger partial charge >= 0.3 is 0 Å². The van der Waals surface area contributed by atoms with Crippen molar-refractivity contribution in [3.8, 4) is 11.5 Å². The second kappa shape index (κ2) is 9.18. The van der Waals surface area contributed by atoms with Gasteiger partial charge < -0.3 is 20.1 Å². The van der Waals surface area contributed by atoms with E-state index >= 15 is 0 Å². The number of rotatable bonds is 7.